The molecule has 2 heteroatoms. The van der Waals surface area contributed by atoms with Gasteiger partial charge >= 0.3 is 0 Å². The van der Waals surface area contributed by atoms with Crippen LogP contribution in [-0.4, -0.2) is 30.1 Å². The van der Waals surface area contributed by atoms with Crippen LogP contribution in [0.5, 0.6) is 0 Å². The third kappa shape index (κ3) is 1.75. The van der Waals surface area contributed by atoms with E-state index in [-0.39, 0.29) is 0 Å². The van der Waals surface area contributed by atoms with Gasteiger partial charge in [0, 0.05) is 12.1 Å². The molecule has 2 rings (SSSR count). The Hall–Kier alpha value is -0.0800. The summed E-state index contributed by atoms with van der Waals surface area (Å²) in [5.41, 5.74) is 6.24. The number of hydrogen-bond acceptors (Lipinski definition) is 2. The molecular formula is C11H22N2. The molecule has 2 aliphatic rings. The van der Waals surface area contributed by atoms with Gasteiger partial charge in [0.2, 0.25) is 0 Å². The summed E-state index contributed by atoms with van der Waals surface area (Å²) in [6, 6.07) is 0. The van der Waals surface area contributed by atoms with E-state index in [0.717, 1.165) is 12.5 Å². The van der Waals surface area contributed by atoms with E-state index < -0.39 is 0 Å². The molecule has 13 heavy (non-hydrogen) atoms. The minimum atomic E-state index is 0.532. The molecule has 1 aliphatic carbocycles. The van der Waals surface area contributed by atoms with Crippen LogP contribution in [0.25, 0.3) is 0 Å². The van der Waals surface area contributed by atoms with Crippen LogP contribution in [0.1, 0.15) is 39.0 Å². The third-order valence-electron chi connectivity index (χ3n) is 4.06. The van der Waals surface area contributed by atoms with Gasteiger partial charge in [-0.1, -0.05) is 12.8 Å². The average Bonchev–Trinajstić information content (AvgIpc) is 2.72. The molecule has 0 aromatic rings. The van der Waals surface area contributed by atoms with Crippen molar-refractivity contribution < 1.29 is 0 Å². The maximum Gasteiger partial charge on any atom is 0.0181 e. The Morgan fingerprint density at radius 1 is 1.38 bits per heavy atom. The van der Waals surface area contributed by atoms with E-state index in [4.69, 9.17) is 5.73 Å². The number of hydrogen-bond donors (Lipinski definition) is 1. The topological polar surface area (TPSA) is 29.3 Å². The number of likely N-dealkylation sites (tertiary alicyclic amines) is 1. The molecule has 1 saturated carbocycles. The second kappa shape index (κ2) is 3.58. The second-order valence-corrected chi connectivity index (χ2v) is 5.04. The lowest BCUT2D eigenvalue weighted by atomic mass is 9.98. The van der Waals surface area contributed by atoms with E-state index in [1.165, 1.54) is 45.2 Å². The van der Waals surface area contributed by atoms with Crippen LogP contribution in [0.3, 0.4) is 0 Å². The summed E-state index contributed by atoms with van der Waals surface area (Å²) >= 11 is 0. The molecule has 2 nitrogen and oxygen atoms in total. The Labute approximate surface area is 81.5 Å². The van der Waals surface area contributed by atoms with Crippen LogP contribution >= 0.6 is 0 Å². The summed E-state index contributed by atoms with van der Waals surface area (Å²) in [4.78, 5) is 2.69. The van der Waals surface area contributed by atoms with Crippen LogP contribution in [0, 0.1) is 5.92 Å². The number of nitrogens with zero attached hydrogens (tertiary/aromatic N) is 1. The van der Waals surface area contributed by atoms with Crippen LogP contribution < -0.4 is 5.73 Å². The van der Waals surface area contributed by atoms with Gasteiger partial charge in [0.25, 0.3) is 0 Å². The zero-order chi connectivity index (χ0) is 9.31. The predicted octanol–water partition coefficient (Wildman–Crippen LogP) is 1.60. The first-order valence-electron chi connectivity index (χ1n) is 5.70. The summed E-state index contributed by atoms with van der Waals surface area (Å²) in [5, 5.41) is 0. The van der Waals surface area contributed by atoms with Gasteiger partial charge in [0.1, 0.15) is 0 Å². The van der Waals surface area contributed by atoms with Crippen molar-refractivity contribution in [2.45, 2.75) is 44.6 Å². The van der Waals surface area contributed by atoms with Crippen molar-refractivity contribution in [3.05, 3.63) is 0 Å². The molecule has 0 aromatic heterocycles. The summed E-state index contributed by atoms with van der Waals surface area (Å²) in [5.74, 6) is 0.775. The van der Waals surface area contributed by atoms with E-state index in [1.54, 1.807) is 0 Å². The van der Waals surface area contributed by atoms with Gasteiger partial charge in [0.15, 0.2) is 0 Å². The second-order valence-electron chi connectivity index (χ2n) is 5.04. The smallest absolute Gasteiger partial charge is 0.0181 e. The third-order valence-corrected chi connectivity index (χ3v) is 4.06. The van der Waals surface area contributed by atoms with Gasteiger partial charge in [-0.05, 0) is 45.2 Å². The largest absolute Gasteiger partial charge is 0.330 e. The molecule has 1 saturated heterocycles. The maximum atomic E-state index is 5.71. The Kier molecular flexibility index (Phi) is 2.61. The highest BCUT2D eigenvalue weighted by molar-refractivity contribution is 4.94. The van der Waals surface area contributed by atoms with Crippen molar-refractivity contribution in [3.63, 3.8) is 0 Å². The van der Waals surface area contributed by atoms with Crippen molar-refractivity contribution in [3.8, 4) is 0 Å². The molecule has 1 heterocycles. The Bertz CT molecular complexity index is 173. The molecule has 1 aliphatic heterocycles. The minimum absolute atomic E-state index is 0.532. The first kappa shape index (κ1) is 9.47. The van der Waals surface area contributed by atoms with E-state index in [2.05, 4.69) is 11.8 Å². The van der Waals surface area contributed by atoms with Gasteiger partial charge in [-0.15, -0.1) is 0 Å². The predicted molar refractivity (Wildman–Crippen MR) is 55.6 cm³/mol. The Balaban J connectivity index is 1.94. The molecule has 1 unspecified atom stereocenters. The quantitative estimate of drug-likeness (QED) is 0.703. The SMILES string of the molecule is CC1(N2CCC(CN)C2)CCCC1. The summed E-state index contributed by atoms with van der Waals surface area (Å²) in [6.45, 7) is 5.87. The van der Waals surface area contributed by atoms with Gasteiger partial charge in [-0.2, -0.15) is 0 Å². The van der Waals surface area contributed by atoms with Crippen molar-refractivity contribution in [2.75, 3.05) is 19.6 Å². The molecule has 76 valence electrons. The molecule has 0 radical (unpaired) electrons. The highest BCUT2D eigenvalue weighted by Crippen LogP contribution is 2.37. The molecule has 1 atom stereocenters. The monoisotopic (exact) mass is 182 g/mol. The van der Waals surface area contributed by atoms with Crippen molar-refractivity contribution in [2.24, 2.45) is 11.7 Å². The molecule has 2 N–H and O–H groups in total. The highest BCUT2D eigenvalue weighted by Gasteiger charge is 2.38. The van der Waals surface area contributed by atoms with Gasteiger partial charge < -0.3 is 5.73 Å². The molecule has 0 amide bonds. The Morgan fingerprint density at radius 2 is 2.08 bits per heavy atom. The molecule has 0 aromatic carbocycles. The van der Waals surface area contributed by atoms with Crippen LogP contribution in [0.15, 0.2) is 0 Å². The lowest BCUT2D eigenvalue weighted by Gasteiger charge is -2.35. The minimum Gasteiger partial charge on any atom is -0.330 e. The van der Waals surface area contributed by atoms with Gasteiger partial charge in [-0.3, -0.25) is 4.90 Å². The first-order chi connectivity index (χ1) is 6.24. The fourth-order valence-electron chi connectivity index (χ4n) is 2.97. The summed E-state index contributed by atoms with van der Waals surface area (Å²) in [7, 11) is 0. The van der Waals surface area contributed by atoms with E-state index in [0.29, 0.717) is 5.54 Å². The lowest BCUT2D eigenvalue weighted by Crippen LogP contribution is -2.42. The number of nitrogens with two attached hydrogens (primary N) is 1. The van der Waals surface area contributed by atoms with Gasteiger partial charge in [0.05, 0.1) is 0 Å². The van der Waals surface area contributed by atoms with Crippen molar-refractivity contribution >= 4 is 0 Å². The van der Waals surface area contributed by atoms with E-state index >= 15 is 0 Å². The molecule has 0 spiro atoms. The highest BCUT2D eigenvalue weighted by atomic mass is 15.2. The van der Waals surface area contributed by atoms with Crippen molar-refractivity contribution in [1.29, 1.82) is 0 Å². The van der Waals surface area contributed by atoms with Gasteiger partial charge in [-0.25, -0.2) is 0 Å². The normalized spacial score (nSPS) is 34.2. The fraction of sp³-hybridized carbons (Fsp3) is 1.00. The zero-order valence-corrected chi connectivity index (χ0v) is 8.76. The Morgan fingerprint density at radius 3 is 2.62 bits per heavy atom. The average molecular weight is 182 g/mol. The van der Waals surface area contributed by atoms with E-state index in [9.17, 15) is 0 Å². The summed E-state index contributed by atoms with van der Waals surface area (Å²) < 4.78 is 0. The van der Waals surface area contributed by atoms with Crippen LogP contribution in [0.4, 0.5) is 0 Å². The van der Waals surface area contributed by atoms with Crippen LogP contribution in [0.2, 0.25) is 0 Å². The standard InChI is InChI=1S/C11H22N2/c1-11(5-2-3-6-11)13-7-4-10(8-12)9-13/h10H,2-9,12H2,1H3. The first-order valence-corrected chi connectivity index (χ1v) is 5.70. The van der Waals surface area contributed by atoms with E-state index in [1.807, 2.05) is 0 Å². The number of rotatable bonds is 2. The van der Waals surface area contributed by atoms with Crippen molar-refractivity contribution in [1.82, 2.24) is 4.90 Å². The fourth-order valence-corrected chi connectivity index (χ4v) is 2.97. The maximum absolute atomic E-state index is 5.71. The molecule has 2 fully saturated rings. The lowest BCUT2D eigenvalue weighted by molar-refractivity contribution is 0.137. The van der Waals surface area contributed by atoms with Crippen LogP contribution in [-0.2, 0) is 0 Å². The molecular weight excluding hydrogens is 160 g/mol. The molecule has 0 bridgehead atoms. The summed E-state index contributed by atoms with van der Waals surface area (Å²) in [6.07, 6.45) is 7.00. The zero-order valence-electron chi connectivity index (χ0n) is 8.76.